The monoisotopic (exact) mass is 280 g/mol. The zero-order chi connectivity index (χ0) is 18.7. The topological polar surface area (TPSA) is 0 Å². The van der Waals surface area contributed by atoms with Crippen molar-refractivity contribution in [3.63, 3.8) is 0 Å². The molecule has 0 N–H and O–H groups in total. The van der Waals surface area contributed by atoms with Crippen LogP contribution in [-0.2, 0) is 0 Å². The fraction of sp³-hybridized carbons (Fsp3) is 0.0526. The van der Waals surface area contributed by atoms with Crippen molar-refractivity contribution in [2.75, 3.05) is 0 Å². The average Bonchev–Trinajstić information content (AvgIpc) is 3.05. The summed E-state index contributed by atoms with van der Waals surface area (Å²) < 4.78 is 51.3. The van der Waals surface area contributed by atoms with Gasteiger partial charge in [-0.15, -0.1) is 11.3 Å². The second-order valence-electron chi connectivity index (χ2n) is 4.63. The summed E-state index contributed by atoms with van der Waals surface area (Å²) in [6, 6.07) is 9.22. The van der Waals surface area contributed by atoms with Gasteiger partial charge >= 0.3 is 0 Å². The molecule has 0 saturated carbocycles. The largest absolute Gasteiger partial charge is 0.135 e. The van der Waals surface area contributed by atoms with Crippen LogP contribution in [0.25, 0.3) is 31.3 Å². The van der Waals surface area contributed by atoms with E-state index in [0.717, 1.165) is 0 Å². The minimum atomic E-state index is -0.0635. The maximum Gasteiger partial charge on any atom is 0.0644 e. The standard InChI is InChI=1S/C19H14S/c1-13-7-9-16-17-10-8-15(14-5-3-2-4-6-14)12-19(17)20-18(16)11-13/h2-12H,1H3/i7D,8D,9D,10D,11D,12D. The molecule has 0 saturated heterocycles. The molecule has 4 rings (SSSR count). The van der Waals surface area contributed by atoms with Crippen LogP contribution in [0.15, 0.2) is 66.6 Å². The molecule has 0 aliphatic heterocycles. The first kappa shape index (κ1) is 7.05. The predicted octanol–water partition coefficient (Wildman–Crippen LogP) is 6.03. The van der Waals surface area contributed by atoms with Gasteiger partial charge in [0.2, 0.25) is 0 Å². The highest BCUT2D eigenvalue weighted by molar-refractivity contribution is 7.25. The Bertz CT molecular complexity index is 1190. The molecule has 1 heterocycles. The molecule has 0 nitrogen and oxygen atoms in total. The lowest BCUT2D eigenvalue weighted by Crippen LogP contribution is -1.76. The molecule has 0 unspecified atom stereocenters. The van der Waals surface area contributed by atoms with Crippen molar-refractivity contribution in [1.29, 1.82) is 0 Å². The Balaban J connectivity index is 2.25. The number of thiophene rings is 1. The van der Waals surface area contributed by atoms with Crippen LogP contribution in [0.1, 0.15) is 13.8 Å². The van der Waals surface area contributed by atoms with Gasteiger partial charge < -0.3 is 0 Å². The second-order valence-corrected chi connectivity index (χ2v) is 5.65. The van der Waals surface area contributed by atoms with Crippen molar-refractivity contribution in [3.8, 4) is 11.1 Å². The Kier molecular flexibility index (Phi) is 1.57. The van der Waals surface area contributed by atoms with Crippen LogP contribution in [0.4, 0.5) is 0 Å². The number of benzene rings is 3. The molecular formula is C19H14S. The molecule has 3 aromatic carbocycles. The molecule has 0 fully saturated rings. The smallest absolute Gasteiger partial charge is 0.0644 e. The molecule has 20 heavy (non-hydrogen) atoms. The fourth-order valence-corrected chi connectivity index (χ4v) is 3.29. The summed E-state index contributed by atoms with van der Waals surface area (Å²) in [6.07, 6.45) is 0. The molecule has 0 radical (unpaired) electrons. The van der Waals surface area contributed by atoms with Gasteiger partial charge in [-0.2, -0.15) is 0 Å². The molecule has 0 bridgehead atoms. The third-order valence-corrected chi connectivity index (χ3v) is 4.22. The molecule has 0 atom stereocenters. The molecule has 1 aromatic heterocycles. The summed E-state index contributed by atoms with van der Waals surface area (Å²) in [5, 5.41) is 0.684. The first-order chi connectivity index (χ1) is 12.3. The van der Waals surface area contributed by atoms with Gasteiger partial charge in [0.25, 0.3) is 0 Å². The third-order valence-electron chi connectivity index (χ3n) is 3.20. The fourth-order valence-electron chi connectivity index (χ4n) is 2.22. The highest BCUT2D eigenvalue weighted by Gasteiger charge is 2.06. The van der Waals surface area contributed by atoms with Crippen molar-refractivity contribution >= 4 is 31.5 Å². The maximum absolute atomic E-state index is 8.63. The van der Waals surface area contributed by atoms with Gasteiger partial charge in [-0.1, -0.05) is 54.5 Å². The SMILES string of the molecule is [2H]c1c(C)c([2H])c2sc3c([2H])c(-c4ccccc4)c([2H])c([2H])c3c2c1[2H]. The van der Waals surface area contributed by atoms with Crippen LogP contribution in [0, 0.1) is 6.92 Å². The van der Waals surface area contributed by atoms with Crippen molar-refractivity contribution in [2.24, 2.45) is 0 Å². The first-order valence-corrected chi connectivity index (χ1v) is 7.14. The van der Waals surface area contributed by atoms with Crippen molar-refractivity contribution < 1.29 is 8.22 Å². The number of rotatable bonds is 1. The van der Waals surface area contributed by atoms with Gasteiger partial charge in [0.1, 0.15) is 0 Å². The van der Waals surface area contributed by atoms with E-state index in [1.54, 1.807) is 6.92 Å². The van der Waals surface area contributed by atoms with Gasteiger partial charge in [0.05, 0.1) is 8.22 Å². The maximum atomic E-state index is 8.63. The zero-order valence-electron chi connectivity index (χ0n) is 16.8. The Morgan fingerprint density at radius 3 is 2.30 bits per heavy atom. The van der Waals surface area contributed by atoms with Crippen LogP contribution in [0.3, 0.4) is 0 Å². The van der Waals surface area contributed by atoms with Crippen molar-refractivity contribution in [3.05, 3.63) is 72.1 Å². The van der Waals surface area contributed by atoms with Gasteiger partial charge in [0, 0.05) is 20.2 Å². The predicted molar refractivity (Wildman–Crippen MR) is 89.5 cm³/mol. The van der Waals surface area contributed by atoms with Crippen LogP contribution < -0.4 is 0 Å². The van der Waals surface area contributed by atoms with Crippen LogP contribution in [-0.4, -0.2) is 0 Å². The summed E-state index contributed by atoms with van der Waals surface area (Å²) in [7, 11) is 0. The molecule has 0 aliphatic rings. The summed E-state index contributed by atoms with van der Waals surface area (Å²) in [5.41, 5.74) is 1.50. The Labute approximate surface area is 130 Å². The highest BCUT2D eigenvalue weighted by atomic mass is 32.1. The highest BCUT2D eigenvalue weighted by Crippen LogP contribution is 2.36. The molecular weight excluding hydrogens is 260 g/mol. The third kappa shape index (κ3) is 1.83. The van der Waals surface area contributed by atoms with E-state index in [2.05, 4.69) is 0 Å². The minimum absolute atomic E-state index is 0.0354. The van der Waals surface area contributed by atoms with E-state index in [4.69, 9.17) is 8.22 Å². The van der Waals surface area contributed by atoms with E-state index < -0.39 is 0 Å². The molecule has 4 aromatic rings. The number of hydrogen-bond acceptors (Lipinski definition) is 1. The van der Waals surface area contributed by atoms with E-state index in [1.165, 1.54) is 11.3 Å². The lowest BCUT2D eigenvalue weighted by Gasteiger charge is -2.01. The summed E-state index contributed by atoms with van der Waals surface area (Å²) in [5.74, 6) is 0. The lowest BCUT2D eigenvalue weighted by molar-refractivity contribution is 1.52. The Hall–Kier alpha value is -2.12. The van der Waals surface area contributed by atoms with E-state index in [-0.39, 0.29) is 36.3 Å². The van der Waals surface area contributed by atoms with E-state index in [0.29, 0.717) is 36.9 Å². The first-order valence-electron chi connectivity index (χ1n) is 9.32. The van der Waals surface area contributed by atoms with Gasteiger partial charge in [-0.05, 0) is 35.7 Å². The van der Waals surface area contributed by atoms with Gasteiger partial charge in [0.15, 0.2) is 0 Å². The quantitative estimate of drug-likeness (QED) is 0.399. The molecule has 0 spiro atoms. The van der Waals surface area contributed by atoms with Crippen molar-refractivity contribution in [2.45, 2.75) is 6.92 Å². The summed E-state index contributed by atoms with van der Waals surface area (Å²) >= 11 is 1.20. The summed E-state index contributed by atoms with van der Waals surface area (Å²) in [4.78, 5) is 0. The lowest BCUT2D eigenvalue weighted by atomic mass is 10.0. The molecule has 0 amide bonds. The van der Waals surface area contributed by atoms with Crippen LogP contribution in [0.5, 0.6) is 0 Å². The Morgan fingerprint density at radius 1 is 0.800 bits per heavy atom. The zero-order valence-corrected chi connectivity index (χ0v) is 11.6. The van der Waals surface area contributed by atoms with Crippen LogP contribution in [0.2, 0.25) is 0 Å². The van der Waals surface area contributed by atoms with E-state index in [9.17, 15) is 0 Å². The molecule has 96 valence electrons. The molecule has 1 heteroatoms. The second kappa shape index (κ2) is 4.46. The van der Waals surface area contributed by atoms with Crippen molar-refractivity contribution in [1.82, 2.24) is 0 Å². The van der Waals surface area contributed by atoms with E-state index in [1.807, 2.05) is 30.3 Å². The van der Waals surface area contributed by atoms with Crippen LogP contribution >= 0.6 is 11.3 Å². The molecule has 0 aliphatic carbocycles. The van der Waals surface area contributed by atoms with E-state index >= 15 is 0 Å². The normalized spacial score (nSPS) is 15.4. The van der Waals surface area contributed by atoms with Gasteiger partial charge in [-0.3, -0.25) is 0 Å². The minimum Gasteiger partial charge on any atom is -0.135 e. The van der Waals surface area contributed by atoms with Gasteiger partial charge in [-0.25, -0.2) is 0 Å². The Morgan fingerprint density at radius 2 is 1.50 bits per heavy atom. The number of fused-ring (bicyclic) bond motifs is 3. The average molecular weight is 280 g/mol. The summed E-state index contributed by atoms with van der Waals surface area (Å²) in [6.45, 7) is 1.64. The number of hydrogen-bond donors (Lipinski definition) is 0.